The Hall–Kier alpha value is -1.16. The summed E-state index contributed by atoms with van der Waals surface area (Å²) in [6.45, 7) is 9.34. The minimum Gasteiger partial charge on any atom is -0.378 e. The predicted octanol–water partition coefficient (Wildman–Crippen LogP) is 1.02. The number of Topliss-reactive ketones (excluding diaryl/α,β-unsaturated/α-hetero) is 1. The van der Waals surface area contributed by atoms with Crippen molar-refractivity contribution in [2.45, 2.75) is 20.3 Å². The van der Waals surface area contributed by atoms with Crippen LogP contribution in [0.25, 0.3) is 0 Å². The van der Waals surface area contributed by atoms with Crippen LogP contribution in [-0.4, -0.2) is 42.9 Å². The normalized spacial score (nSPS) is 18.0. The number of amides is 1. The highest BCUT2D eigenvalue weighted by Crippen LogP contribution is 2.15. The summed E-state index contributed by atoms with van der Waals surface area (Å²) in [6, 6.07) is 0. The van der Waals surface area contributed by atoms with Crippen LogP contribution < -0.4 is 0 Å². The molecule has 4 nitrogen and oxygen atoms in total. The molecule has 0 N–H and O–H groups in total. The highest BCUT2D eigenvalue weighted by molar-refractivity contribution is 6.00. The van der Waals surface area contributed by atoms with Gasteiger partial charge in [-0.25, -0.2) is 0 Å². The Kier molecular flexibility index (Phi) is 4.68. The summed E-state index contributed by atoms with van der Waals surface area (Å²) in [6.07, 6.45) is 0.450. The van der Waals surface area contributed by atoms with Gasteiger partial charge in [-0.1, -0.05) is 5.57 Å². The molecule has 0 bridgehead atoms. The van der Waals surface area contributed by atoms with Crippen LogP contribution in [-0.2, 0) is 14.3 Å². The Morgan fingerprint density at radius 1 is 1.31 bits per heavy atom. The zero-order valence-corrected chi connectivity index (χ0v) is 9.99. The summed E-state index contributed by atoms with van der Waals surface area (Å²) in [5.41, 5.74) is 0.863. The maximum Gasteiger partial charge on any atom is 0.233 e. The third-order valence-corrected chi connectivity index (χ3v) is 2.66. The van der Waals surface area contributed by atoms with Crippen molar-refractivity contribution >= 4 is 11.7 Å². The van der Waals surface area contributed by atoms with Gasteiger partial charge < -0.3 is 9.64 Å². The quantitative estimate of drug-likeness (QED) is 0.530. The lowest BCUT2D eigenvalue weighted by Crippen LogP contribution is -2.45. The third-order valence-electron chi connectivity index (χ3n) is 2.66. The van der Waals surface area contributed by atoms with Crippen molar-refractivity contribution in [1.29, 1.82) is 0 Å². The monoisotopic (exact) mass is 225 g/mol. The summed E-state index contributed by atoms with van der Waals surface area (Å²) >= 11 is 0. The summed E-state index contributed by atoms with van der Waals surface area (Å²) in [5, 5.41) is 0. The fourth-order valence-corrected chi connectivity index (χ4v) is 1.76. The van der Waals surface area contributed by atoms with Gasteiger partial charge >= 0.3 is 0 Å². The maximum absolute atomic E-state index is 12.1. The fraction of sp³-hybridized carbons (Fsp3) is 0.667. The van der Waals surface area contributed by atoms with Crippen LogP contribution in [0.1, 0.15) is 20.3 Å². The summed E-state index contributed by atoms with van der Waals surface area (Å²) in [5.74, 6) is -0.728. The lowest BCUT2D eigenvalue weighted by Gasteiger charge is -2.29. The van der Waals surface area contributed by atoms with E-state index in [4.69, 9.17) is 4.74 Å². The molecule has 90 valence electrons. The molecular formula is C12H19NO3. The van der Waals surface area contributed by atoms with E-state index in [1.807, 2.05) is 6.92 Å². The number of rotatable bonds is 4. The Labute approximate surface area is 96.3 Å². The summed E-state index contributed by atoms with van der Waals surface area (Å²) in [7, 11) is 0. The van der Waals surface area contributed by atoms with Crippen molar-refractivity contribution in [2.75, 3.05) is 26.3 Å². The van der Waals surface area contributed by atoms with Gasteiger partial charge in [0, 0.05) is 13.1 Å². The molecule has 1 rings (SSSR count). The molecule has 0 radical (unpaired) electrons. The molecule has 4 heteroatoms. The third kappa shape index (κ3) is 3.45. The van der Waals surface area contributed by atoms with Crippen molar-refractivity contribution in [3.63, 3.8) is 0 Å². The Bertz CT molecular complexity index is 293. The van der Waals surface area contributed by atoms with Gasteiger partial charge in [-0.15, -0.1) is 6.58 Å². The van der Waals surface area contributed by atoms with Crippen LogP contribution >= 0.6 is 0 Å². The molecule has 1 aliphatic rings. The van der Waals surface area contributed by atoms with Gasteiger partial charge in [-0.05, 0) is 20.3 Å². The van der Waals surface area contributed by atoms with E-state index >= 15 is 0 Å². The molecule has 1 heterocycles. The average Bonchev–Trinajstić information content (AvgIpc) is 2.25. The SMILES string of the molecule is C=C(C)CC(C(C)=O)C(=O)N1CCOCC1. The number of ketones is 1. The minimum absolute atomic E-state index is 0.0838. The van der Waals surface area contributed by atoms with Gasteiger partial charge in [0.1, 0.15) is 11.7 Å². The lowest BCUT2D eigenvalue weighted by atomic mass is 9.95. The Morgan fingerprint density at radius 3 is 2.31 bits per heavy atom. The summed E-state index contributed by atoms with van der Waals surface area (Å²) < 4.78 is 5.17. The molecular weight excluding hydrogens is 206 g/mol. The van der Waals surface area contributed by atoms with E-state index in [-0.39, 0.29) is 11.7 Å². The first-order valence-electron chi connectivity index (χ1n) is 5.53. The molecule has 0 aromatic rings. The van der Waals surface area contributed by atoms with Gasteiger partial charge in [0.25, 0.3) is 0 Å². The first-order chi connectivity index (χ1) is 7.52. The van der Waals surface area contributed by atoms with Crippen molar-refractivity contribution < 1.29 is 14.3 Å². The van der Waals surface area contributed by atoms with Crippen molar-refractivity contribution in [3.8, 4) is 0 Å². The van der Waals surface area contributed by atoms with Gasteiger partial charge in [0.05, 0.1) is 13.2 Å². The number of hydrogen-bond donors (Lipinski definition) is 0. The molecule has 1 saturated heterocycles. The van der Waals surface area contributed by atoms with E-state index in [1.54, 1.807) is 4.90 Å². The van der Waals surface area contributed by atoms with Crippen LogP contribution in [0.4, 0.5) is 0 Å². The van der Waals surface area contributed by atoms with E-state index < -0.39 is 5.92 Å². The van der Waals surface area contributed by atoms with Crippen molar-refractivity contribution in [2.24, 2.45) is 5.92 Å². The average molecular weight is 225 g/mol. The van der Waals surface area contributed by atoms with Crippen LogP contribution in [0.15, 0.2) is 12.2 Å². The van der Waals surface area contributed by atoms with Crippen molar-refractivity contribution in [1.82, 2.24) is 4.90 Å². The highest BCUT2D eigenvalue weighted by Gasteiger charge is 2.28. The van der Waals surface area contributed by atoms with Gasteiger partial charge in [0.2, 0.25) is 5.91 Å². The molecule has 1 aliphatic heterocycles. The second-order valence-corrected chi connectivity index (χ2v) is 4.26. The second kappa shape index (κ2) is 5.80. The number of carbonyl (C=O) groups is 2. The van der Waals surface area contributed by atoms with E-state index in [0.29, 0.717) is 32.7 Å². The molecule has 0 spiro atoms. The van der Waals surface area contributed by atoms with Gasteiger partial charge in [0.15, 0.2) is 0 Å². The molecule has 16 heavy (non-hydrogen) atoms. The smallest absolute Gasteiger partial charge is 0.233 e. The van der Waals surface area contributed by atoms with Gasteiger partial charge in [-0.2, -0.15) is 0 Å². The van der Waals surface area contributed by atoms with E-state index in [1.165, 1.54) is 6.92 Å². The lowest BCUT2D eigenvalue weighted by molar-refractivity contribution is -0.143. The Balaban J connectivity index is 2.65. The zero-order chi connectivity index (χ0) is 12.1. The second-order valence-electron chi connectivity index (χ2n) is 4.26. The van der Waals surface area contributed by atoms with Crippen LogP contribution in [0.2, 0.25) is 0 Å². The van der Waals surface area contributed by atoms with Crippen LogP contribution in [0.5, 0.6) is 0 Å². The van der Waals surface area contributed by atoms with E-state index in [0.717, 1.165) is 5.57 Å². The first kappa shape index (κ1) is 12.9. The molecule has 0 aromatic carbocycles. The maximum atomic E-state index is 12.1. The molecule has 0 aromatic heterocycles. The number of morpholine rings is 1. The molecule has 1 atom stereocenters. The summed E-state index contributed by atoms with van der Waals surface area (Å²) in [4.78, 5) is 25.2. The van der Waals surface area contributed by atoms with Crippen LogP contribution in [0, 0.1) is 5.92 Å². The van der Waals surface area contributed by atoms with Crippen LogP contribution in [0.3, 0.4) is 0 Å². The largest absolute Gasteiger partial charge is 0.378 e. The zero-order valence-electron chi connectivity index (χ0n) is 9.99. The fourth-order valence-electron chi connectivity index (χ4n) is 1.76. The molecule has 1 fully saturated rings. The van der Waals surface area contributed by atoms with E-state index in [9.17, 15) is 9.59 Å². The number of carbonyl (C=O) groups excluding carboxylic acids is 2. The van der Waals surface area contributed by atoms with E-state index in [2.05, 4.69) is 6.58 Å². The molecule has 1 unspecified atom stereocenters. The molecule has 0 aliphatic carbocycles. The number of hydrogen-bond acceptors (Lipinski definition) is 3. The van der Waals surface area contributed by atoms with Gasteiger partial charge in [-0.3, -0.25) is 9.59 Å². The predicted molar refractivity (Wildman–Crippen MR) is 61.0 cm³/mol. The highest BCUT2D eigenvalue weighted by atomic mass is 16.5. The van der Waals surface area contributed by atoms with Crippen molar-refractivity contribution in [3.05, 3.63) is 12.2 Å². The minimum atomic E-state index is -0.560. The number of ether oxygens (including phenoxy) is 1. The first-order valence-corrected chi connectivity index (χ1v) is 5.53. The number of nitrogens with zero attached hydrogens (tertiary/aromatic N) is 1. The topological polar surface area (TPSA) is 46.6 Å². The Morgan fingerprint density at radius 2 is 1.88 bits per heavy atom. The standard InChI is InChI=1S/C12H19NO3/c1-9(2)8-11(10(3)14)12(15)13-4-6-16-7-5-13/h11H,1,4-8H2,2-3H3. The molecule has 0 saturated carbocycles. The molecule has 1 amide bonds. The number of allylic oxidation sites excluding steroid dienone is 1.